The predicted octanol–water partition coefficient (Wildman–Crippen LogP) is 3.96. The van der Waals surface area contributed by atoms with Crippen LogP contribution in [0.5, 0.6) is 0 Å². The van der Waals surface area contributed by atoms with Crippen LogP contribution in [0.15, 0.2) is 48.9 Å². The third-order valence-corrected chi connectivity index (χ3v) is 7.51. The second kappa shape index (κ2) is 9.95. The Morgan fingerprint density at radius 1 is 1.03 bits per heavy atom. The molecular weight excluding hydrogens is 426 g/mol. The number of carbonyl (C=O) groups excluding carboxylic acids is 2. The van der Waals surface area contributed by atoms with Crippen LogP contribution in [0.1, 0.15) is 79.5 Å². The zero-order valence-electron chi connectivity index (χ0n) is 19.6. The molecule has 2 fully saturated rings. The fourth-order valence-electron chi connectivity index (χ4n) is 5.66. The molecule has 3 aromatic heterocycles. The van der Waals surface area contributed by atoms with Gasteiger partial charge in [-0.15, -0.1) is 0 Å². The van der Waals surface area contributed by atoms with Crippen molar-refractivity contribution in [1.29, 1.82) is 0 Å². The molecule has 3 heterocycles. The summed E-state index contributed by atoms with van der Waals surface area (Å²) in [4.78, 5) is 34.7. The van der Waals surface area contributed by atoms with Gasteiger partial charge in [0.1, 0.15) is 11.3 Å². The van der Waals surface area contributed by atoms with Gasteiger partial charge in [-0.1, -0.05) is 44.2 Å². The van der Waals surface area contributed by atoms with Crippen LogP contribution >= 0.6 is 0 Å². The van der Waals surface area contributed by atoms with Crippen LogP contribution in [0, 0.1) is 0 Å². The van der Waals surface area contributed by atoms with E-state index in [1.54, 1.807) is 10.6 Å². The minimum Gasteiger partial charge on any atom is -0.353 e. The van der Waals surface area contributed by atoms with Crippen molar-refractivity contribution >= 4 is 17.5 Å². The summed E-state index contributed by atoms with van der Waals surface area (Å²) in [6.45, 7) is 0.583. The van der Waals surface area contributed by atoms with E-state index in [-0.39, 0.29) is 29.7 Å². The molecule has 0 atom stereocenters. The molecule has 0 aromatic carbocycles. The van der Waals surface area contributed by atoms with Crippen molar-refractivity contribution in [2.24, 2.45) is 0 Å². The van der Waals surface area contributed by atoms with Gasteiger partial charge in [-0.05, 0) is 49.4 Å². The van der Waals surface area contributed by atoms with Crippen LogP contribution in [0.4, 0.5) is 0 Å². The lowest BCUT2D eigenvalue weighted by Gasteiger charge is -2.37. The van der Waals surface area contributed by atoms with Gasteiger partial charge in [0.15, 0.2) is 0 Å². The Hall–Kier alpha value is -3.22. The number of rotatable bonds is 7. The highest BCUT2D eigenvalue weighted by atomic mass is 16.2. The van der Waals surface area contributed by atoms with Crippen molar-refractivity contribution in [3.63, 3.8) is 0 Å². The van der Waals surface area contributed by atoms with Crippen LogP contribution in [0.3, 0.4) is 0 Å². The van der Waals surface area contributed by atoms with E-state index in [9.17, 15) is 9.59 Å². The number of fused-ring (bicyclic) bond motifs is 1. The van der Waals surface area contributed by atoms with Gasteiger partial charge >= 0.3 is 0 Å². The summed E-state index contributed by atoms with van der Waals surface area (Å²) in [5.41, 5.74) is 3.01. The van der Waals surface area contributed by atoms with Crippen molar-refractivity contribution in [1.82, 2.24) is 25.0 Å². The summed E-state index contributed by atoms with van der Waals surface area (Å²) in [6.07, 6.45) is 15.9. The standard InChI is InChI=1S/C27H33N5O2/c33-25(31-21-9-2-3-10-21)16-22-18-32-23(11-6-12-24(32)30-22)26(34)29-19-27(13-4-1-5-14-27)20-8-7-15-28-17-20/h6-8,11-12,15,17-18,21H,1-5,9-10,13-14,16,19H2,(H,29,34)(H,31,33). The van der Waals surface area contributed by atoms with Gasteiger partial charge in [0.05, 0.1) is 12.1 Å². The molecule has 0 saturated heterocycles. The monoisotopic (exact) mass is 459 g/mol. The Morgan fingerprint density at radius 3 is 2.62 bits per heavy atom. The maximum atomic E-state index is 13.3. The van der Waals surface area contributed by atoms with Gasteiger partial charge in [0.25, 0.3) is 5.91 Å². The smallest absolute Gasteiger partial charge is 0.268 e. The summed E-state index contributed by atoms with van der Waals surface area (Å²) in [5, 5.41) is 6.32. The maximum absolute atomic E-state index is 13.3. The molecule has 34 heavy (non-hydrogen) atoms. The number of imidazole rings is 1. The van der Waals surface area contributed by atoms with Crippen molar-refractivity contribution in [3.8, 4) is 0 Å². The molecular formula is C27H33N5O2. The lowest BCUT2D eigenvalue weighted by atomic mass is 9.70. The first kappa shape index (κ1) is 22.6. The van der Waals surface area contributed by atoms with E-state index >= 15 is 0 Å². The second-order valence-electron chi connectivity index (χ2n) is 9.86. The lowest BCUT2D eigenvalue weighted by Crippen LogP contribution is -2.42. The van der Waals surface area contributed by atoms with E-state index in [4.69, 9.17) is 0 Å². The third kappa shape index (κ3) is 4.83. The van der Waals surface area contributed by atoms with Crippen LogP contribution in [0.2, 0.25) is 0 Å². The molecule has 7 heteroatoms. The Kier molecular flexibility index (Phi) is 6.61. The molecule has 0 bridgehead atoms. The van der Waals surface area contributed by atoms with E-state index in [1.807, 2.05) is 36.7 Å². The minimum atomic E-state index is -0.126. The fraction of sp³-hybridized carbons (Fsp3) is 0.481. The highest BCUT2D eigenvalue weighted by Crippen LogP contribution is 2.38. The fourth-order valence-corrected chi connectivity index (χ4v) is 5.66. The van der Waals surface area contributed by atoms with Crippen molar-refractivity contribution in [3.05, 3.63) is 65.9 Å². The Bertz CT molecular complexity index is 1140. The highest BCUT2D eigenvalue weighted by molar-refractivity contribution is 5.93. The van der Waals surface area contributed by atoms with Gasteiger partial charge in [-0.25, -0.2) is 4.98 Å². The van der Waals surface area contributed by atoms with E-state index < -0.39 is 0 Å². The molecule has 0 aliphatic heterocycles. The molecule has 2 N–H and O–H groups in total. The zero-order chi connectivity index (χ0) is 23.4. The molecule has 178 valence electrons. The highest BCUT2D eigenvalue weighted by Gasteiger charge is 2.34. The molecule has 0 spiro atoms. The van der Waals surface area contributed by atoms with Gasteiger partial charge in [0.2, 0.25) is 5.91 Å². The number of hydrogen-bond donors (Lipinski definition) is 2. The molecule has 2 amide bonds. The van der Waals surface area contributed by atoms with Gasteiger partial charge in [0, 0.05) is 36.6 Å². The van der Waals surface area contributed by atoms with E-state index in [0.717, 1.165) is 38.5 Å². The number of carbonyl (C=O) groups is 2. The molecule has 2 saturated carbocycles. The van der Waals surface area contributed by atoms with Gasteiger partial charge in [-0.3, -0.25) is 19.0 Å². The molecule has 7 nitrogen and oxygen atoms in total. The zero-order valence-corrected chi connectivity index (χ0v) is 19.6. The first-order valence-electron chi connectivity index (χ1n) is 12.6. The summed E-state index contributed by atoms with van der Waals surface area (Å²) in [7, 11) is 0. The first-order valence-corrected chi connectivity index (χ1v) is 12.6. The van der Waals surface area contributed by atoms with Gasteiger partial charge < -0.3 is 10.6 Å². The number of pyridine rings is 2. The summed E-state index contributed by atoms with van der Waals surface area (Å²) in [6, 6.07) is 9.92. The Labute approximate surface area is 200 Å². The van der Waals surface area contributed by atoms with Crippen molar-refractivity contribution in [2.45, 2.75) is 75.7 Å². The predicted molar refractivity (Wildman–Crippen MR) is 131 cm³/mol. The number of amides is 2. The number of hydrogen-bond acceptors (Lipinski definition) is 4. The Morgan fingerprint density at radius 2 is 1.85 bits per heavy atom. The van der Waals surface area contributed by atoms with Crippen LogP contribution in [-0.4, -0.2) is 38.8 Å². The first-order chi connectivity index (χ1) is 16.6. The Balaban J connectivity index is 1.30. The molecule has 0 unspecified atom stereocenters. The van der Waals surface area contributed by atoms with Crippen molar-refractivity contribution < 1.29 is 9.59 Å². The molecule has 5 rings (SSSR count). The van der Waals surface area contributed by atoms with E-state index in [2.05, 4.69) is 26.7 Å². The lowest BCUT2D eigenvalue weighted by molar-refractivity contribution is -0.121. The summed E-state index contributed by atoms with van der Waals surface area (Å²) >= 11 is 0. The van der Waals surface area contributed by atoms with E-state index in [0.29, 0.717) is 23.6 Å². The number of nitrogens with one attached hydrogen (secondary N) is 2. The van der Waals surface area contributed by atoms with Crippen LogP contribution in [-0.2, 0) is 16.6 Å². The molecule has 2 aliphatic carbocycles. The number of aromatic nitrogens is 3. The quantitative estimate of drug-likeness (QED) is 0.560. The topological polar surface area (TPSA) is 88.4 Å². The maximum Gasteiger partial charge on any atom is 0.268 e. The SMILES string of the molecule is O=C(Cc1cn2c(C(=O)NCC3(c4cccnc4)CCCCC3)cccc2n1)NC1CCCC1. The van der Waals surface area contributed by atoms with Crippen LogP contribution in [0.25, 0.3) is 5.65 Å². The normalized spacial score (nSPS) is 18.1. The number of nitrogens with zero attached hydrogens (tertiary/aromatic N) is 3. The largest absolute Gasteiger partial charge is 0.353 e. The van der Waals surface area contributed by atoms with Gasteiger partial charge in [-0.2, -0.15) is 0 Å². The molecule has 0 radical (unpaired) electrons. The molecule has 2 aliphatic rings. The second-order valence-corrected chi connectivity index (χ2v) is 9.86. The minimum absolute atomic E-state index is 0.00276. The summed E-state index contributed by atoms with van der Waals surface area (Å²) in [5.74, 6) is -0.129. The average molecular weight is 460 g/mol. The average Bonchev–Trinajstić information content (AvgIpc) is 3.52. The van der Waals surface area contributed by atoms with E-state index in [1.165, 1.54) is 24.8 Å². The summed E-state index contributed by atoms with van der Waals surface area (Å²) < 4.78 is 1.80. The van der Waals surface area contributed by atoms with Crippen LogP contribution < -0.4 is 10.6 Å². The third-order valence-electron chi connectivity index (χ3n) is 7.51. The molecule has 3 aromatic rings. The van der Waals surface area contributed by atoms with Crippen molar-refractivity contribution in [2.75, 3.05) is 6.54 Å².